The van der Waals surface area contributed by atoms with E-state index in [4.69, 9.17) is 14.5 Å². The Morgan fingerprint density at radius 1 is 0.947 bits per heavy atom. The summed E-state index contributed by atoms with van der Waals surface area (Å²) in [4.78, 5) is 7.15. The van der Waals surface area contributed by atoms with Gasteiger partial charge in [0.2, 0.25) is 5.88 Å². The van der Waals surface area contributed by atoms with Gasteiger partial charge in [0.15, 0.2) is 0 Å². The van der Waals surface area contributed by atoms with E-state index in [1.807, 2.05) is 50.5 Å². The van der Waals surface area contributed by atoms with E-state index < -0.39 is 5.60 Å². The zero-order valence-electron chi connectivity index (χ0n) is 22.6. The molecule has 0 spiro atoms. The molecule has 2 heterocycles. The van der Waals surface area contributed by atoms with Gasteiger partial charge in [0.1, 0.15) is 5.60 Å². The van der Waals surface area contributed by atoms with Gasteiger partial charge in [-0.05, 0) is 61.3 Å². The van der Waals surface area contributed by atoms with Gasteiger partial charge in [-0.2, -0.15) is 0 Å². The normalized spacial score (nSPS) is 16.9. The summed E-state index contributed by atoms with van der Waals surface area (Å²) in [5, 5.41) is 15.2. The van der Waals surface area contributed by atoms with E-state index in [2.05, 4.69) is 53.4 Å². The van der Waals surface area contributed by atoms with E-state index in [1.165, 1.54) is 0 Å². The van der Waals surface area contributed by atoms with Crippen molar-refractivity contribution in [3.05, 3.63) is 107 Å². The van der Waals surface area contributed by atoms with Crippen LogP contribution < -0.4 is 4.74 Å². The quantitative estimate of drug-likeness (QED) is 0.295. The zero-order chi connectivity index (χ0) is 26.5. The fraction of sp³-hybridized carbons (Fsp3) is 0.364. The van der Waals surface area contributed by atoms with Gasteiger partial charge in [-0.15, -0.1) is 0 Å². The Balaban J connectivity index is 1.72. The third kappa shape index (κ3) is 5.32. The standard InChI is InChI=1S/C33H38N2O3/c1-35(2)21-20-33(36,29-15-9-13-24-10-7-8-14-27(24)29)31(26-11-5-4-6-12-26)28-16-17-30(34-32(28)37-3)25-18-22-38-23-19-25/h4-17,25,31,36H,18-23H2,1-3H3/t31-,33-/m1/s1. The minimum atomic E-state index is -1.22. The van der Waals surface area contributed by atoms with Crippen molar-refractivity contribution >= 4 is 10.8 Å². The number of rotatable bonds is 9. The molecule has 0 radical (unpaired) electrons. The molecule has 4 aromatic rings. The van der Waals surface area contributed by atoms with Crippen molar-refractivity contribution in [2.24, 2.45) is 0 Å². The maximum Gasteiger partial charge on any atom is 0.217 e. The van der Waals surface area contributed by atoms with Gasteiger partial charge >= 0.3 is 0 Å². The summed E-state index contributed by atoms with van der Waals surface area (Å²) in [5.74, 6) is 0.541. The maximum atomic E-state index is 13.0. The molecule has 1 aliphatic heterocycles. The second-order valence-corrected chi connectivity index (χ2v) is 10.6. The van der Waals surface area contributed by atoms with Gasteiger partial charge in [-0.1, -0.05) is 78.9 Å². The summed E-state index contributed by atoms with van der Waals surface area (Å²) < 4.78 is 11.5. The minimum Gasteiger partial charge on any atom is -0.481 e. The van der Waals surface area contributed by atoms with Gasteiger partial charge in [0, 0.05) is 42.9 Å². The fourth-order valence-electron chi connectivity index (χ4n) is 5.86. The van der Waals surface area contributed by atoms with Gasteiger partial charge in [0.05, 0.1) is 7.11 Å². The number of methoxy groups -OCH3 is 1. The number of hydrogen-bond acceptors (Lipinski definition) is 5. The number of aliphatic hydroxyl groups is 1. The lowest BCUT2D eigenvalue weighted by atomic mass is 9.70. The molecule has 3 aromatic carbocycles. The summed E-state index contributed by atoms with van der Waals surface area (Å²) in [6, 6.07) is 29.1. The average molecular weight is 511 g/mol. The Bertz CT molecular complexity index is 1350. The Morgan fingerprint density at radius 3 is 2.39 bits per heavy atom. The molecular weight excluding hydrogens is 472 g/mol. The Morgan fingerprint density at radius 2 is 1.66 bits per heavy atom. The second-order valence-electron chi connectivity index (χ2n) is 10.6. The van der Waals surface area contributed by atoms with Gasteiger partial charge in [0.25, 0.3) is 0 Å². The van der Waals surface area contributed by atoms with Crippen LogP contribution >= 0.6 is 0 Å². The number of aromatic nitrogens is 1. The van der Waals surface area contributed by atoms with E-state index in [-0.39, 0.29) is 5.92 Å². The minimum absolute atomic E-state index is 0.354. The molecule has 198 valence electrons. The molecule has 5 rings (SSSR count). The molecule has 0 amide bonds. The van der Waals surface area contributed by atoms with Crippen LogP contribution in [0.5, 0.6) is 5.88 Å². The molecule has 2 atom stereocenters. The molecule has 38 heavy (non-hydrogen) atoms. The average Bonchev–Trinajstić information content (AvgIpc) is 2.97. The van der Waals surface area contributed by atoms with E-state index in [0.717, 1.165) is 65.8 Å². The molecule has 1 N–H and O–H groups in total. The molecule has 0 saturated carbocycles. The van der Waals surface area contributed by atoms with Gasteiger partial charge in [-0.3, -0.25) is 0 Å². The lowest BCUT2D eigenvalue weighted by Gasteiger charge is -2.39. The van der Waals surface area contributed by atoms with Crippen LogP contribution in [0, 0.1) is 0 Å². The van der Waals surface area contributed by atoms with Crippen molar-refractivity contribution in [2.75, 3.05) is 41.0 Å². The number of benzene rings is 3. The molecule has 1 aliphatic rings. The number of hydrogen-bond donors (Lipinski definition) is 1. The Hall–Kier alpha value is -3.25. The molecule has 0 unspecified atom stereocenters. The molecule has 0 bridgehead atoms. The highest BCUT2D eigenvalue weighted by Gasteiger charge is 2.43. The maximum absolute atomic E-state index is 13.0. The van der Waals surface area contributed by atoms with E-state index >= 15 is 0 Å². The van der Waals surface area contributed by atoms with Crippen molar-refractivity contribution in [3.63, 3.8) is 0 Å². The largest absolute Gasteiger partial charge is 0.481 e. The monoisotopic (exact) mass is 510 g/mol. The summed E-state index contributed by atoms with van der Waals surface area (Å²) >= 11 is 0. The van der Waals surface area contributed by atoms with Crippen LogP contribution in [0.3, 0.4) is 0 Å². The molecule has 5 nitrogen and oxygen atoms in total. The predicted octanol–water partition coefficient (Wildman–Crippen LogP) is 6.11. The predicted molar refractivity (Wildman–Crippen MR) is 153 cm³/mol. The Kier molecular flexibility index (Phi) is 8.08. The van der Waals surface area contributed by atoms with Crippen molar-refractivity contribution in [1.82, 2.24) is 9.88 Å². The van der Waals surface area contributed by atoms with Gasteiger partial charge in [-0.25, -0.2) is 4.98 Å². The highest BCUT2D eigenvalue weighted by molar-refractivity contribution is 5.86. The highest BCUT2D eigenvalue weighted by atomic mass is 16.5. The van der Waals surface area contributed by atoms with Crippen LogP contribution in [-0.2, 0) is 10.3 Å². The first kappa shape index (κ1) is 26.4. The molecule has 1 saturated heterocycles. The van der Waals surface area contributed by atoms with Crippen molar-refractivity contribution < 1.29 is 14.6 Å². The number of fused-ring (bicyclic) bond motifs is 1. The third-order valence-corrected chi connectivity index (χ3v) is 7.86. The first-order chi connectivity index (χ1) is 18.5. The number of pyridine rings is 1. The molecule has 1 fully saturated rings. The SMILES string of the molecule is COc1nc(C2CCOCC2)ccc1[C@@H](c1ccccc1)[C@@](O)(CCN(C)C)c1cccc2ccccc12. The van der Waals surface area contributed by atoms with Crippen LogP contribution in [0.1, 0.15) is 53.5 Å². The fourth-order valence-corrected chi connectivity index (χ4v) is 5.86. The molecular formula is C33H38N2O3. The highest BCUT2D eigenvalue weighted by Crippen LogP contribution is 2.48. The van der Waals surface area contributed by atoms with Crippen molar-refractivity contribution in [3.8, 4) is 5.88 Å². The van der Waals surface area contributed by atoms with Crippen LogP contribution in [0.4, 0.5) is 0 Å². The summed E-state index contributed by atoms with van der Waals surface area (Å²) in [5.41, 5.74) is 2.65. The van der Waals surface area contributed by atoms with Crippen LogP contribution in [-0.4, -0.2) is 56.0 Å². The summed E-state index contributed by atoms with van der Waals surface area (Å²) in [6.45, 7) is 2.24. The molecule has 0 aliphatic carbocycles. The van der Waals surface area contributed by atoms with Crippen LogP contribution in [0.15, 0.2) is 84.9 Å². The third-order valence-electron chi connectivity index (χ3n) is 7.86. The first-order valence-electron chi connectivity index (χ1n) is 13.5. The zero-order valence-corrected chi connectivity index (χ0v) is 22.6. The van der Waals surface area contributed by atoms with Crippen LogP contribution in [0.25, 0.3) is 10.8 Å². The summed E-state index contributed by atoms with van der Waals surface area (Å²) in [7, 11) is 5.77. The first-order valence-corrected chi connectivity index (χ1v) is 13.5. The van der Waals surface area contributed by atoms with Gasteiger partial charge < -0.3 is 19.5 Å². The summed E-state index contributed by atoms with van der Waals surface area (Å²) in [6.07, 6.45) is 2.46. The lowest BCUT2D eigenvalue weighted by molar-refractivity contribution is 0.00513. The number of ether oxygens (including phenoxy) is 2. The van der Waals surface area contributed by atoms with E-state index in [1.54, 1.807) is 7.11 Å². The van der Waals surface area contributed by atoms with E-state index in [0.29, 0.717) is 18.2 Å². The topological polar surface area (TPSA) is 54.8 Å². The Labute approximate surface area is 226 Å². The lowest BCUT2D eigenvalue weighted by Crippen LogP contribution is -2.38. The molecule has 1 aromatic heterocycles. The number of nitrogens with zero attached hydrogens (tertiary/aromatic N) is 2. The van der Waals surface area contributed by atoms with Crippen molar-refractivity contribution in [2.45, 2.75) is 36.7 Å². The smallest absolute Gasteiger partial charge is 0.217 e. The molecule has 5 heteroatoms. The second kappa shape index (κ2) is 11.6. The van der Waals surface area contributed by atoms with E-state index in [9.17, 15) is 5.11 Å². The van der Waals surface area contributed by atoms with Crippen molar-refractivity contribution in [1.29, 1.82) is 0 Å². The van der Waals surface area contributed by atoms with Crippen LogP contribution in [0.2, 0.25) is 0 Å².